The van der Waals surface area contributed by atoms with E-state index in [4.69, 9.17) is 0 Å². The topological polar surface area (TPSA) is 86.7 Å². The predicted octanol–water partition coefficient (Wildman–Crippen LogP) is 0.180. The van der Waals surface area contributed by atoms with Crippen LogP contribution in [0.2, 0.25) is 0 Å². The number of carbonyl (C=O) groups is 1. The Morgan fingerprint density at radius 1 is 1.32 bits per heavy atom. The molecule has 0 aromatic rings. The lowest BCUT2D eigenvalue weighted by molar-refractivity contribution is -0.132. The molecule has 0 aliphatic heterocycles. The molecule has 0 radical (unpaired) electrons. The lowest BCUT2D eigenvalue weighted by atomic mass is 10.0. The van der Waals surface area contributed by atoms with Crippen molar-refractivity contribution in [3.8, 4) is 0 Å². The Balaban J connectivity index is 4.70. The second-order valence-electron chi connectivity index (χ2n) is 5.47. The first-order chi connectivity index (χ1) is 8.53. The van der Waals surface area contributed by atoms with Gasteiger partial charge in [0, 0.05) is 13.6 Å². The van der Waals surface area contributed by atoms with E-state index in [0.717, 1.165) is 6.26 Å². The Hall–Kier alpha value is -0.660. The summed E-state index contributed by atoms with van der Waals surface area (Å²) in [6.07, 6.45) is 1.48. The van der Waals surface area contributed by atoms with Crippen LogP contribution in [-0.2, 0) is 14.8 Å². The summed E-state index contributed by atoms with van der Waals surface area (Å²) in [4.78, 5) is 13.6. The largest absolute Gasteiger partial charge is 0.393 e. The third-order valence-corrected chi connectivity index (χ3v) is 3.33. The van der Waals surface area contributed by atoms with Crippen LogP contribution in [0.15, 0.2) is 0 Å². The van der Waals surface area contributed by atoms with Gasteiger partial charge in [-0.2, -0.15) is 0 Å². The average molecular weight is 294 g/mol. The number of carbonyl (C=O) groups excluding carboxylic acids is 1. The van der Waals surface area contributed by atoms with Crippen LogP contribution in [0.3, 0.4) is 0 Å². The van der Waals surface area contributed by atoms with Gasteiger partial charge in [0.15, 0.2) is 0 Å². The number of sulfonamides is 1. The Morgan fingerprint density at radius 2 is 1.84 bits per heavy atom. The van der Waals surface area contributed by atoms with Crippen molar-refractivity contribution in [1.82, 2.24) is 9.62 Å². The fraction of sp³-hybridized carbons (Fsp3) is 0.917. The zero-order chi connectivity index (χ0) is 15.2. The highest BCUT2D eigenvalue weighted by Crippen LogP contribution is 2.09. The van der Waals surface area contributed by atoms with Gasteiger partial charge in [-0.3, -0.25) is 4.79 Å². The summed E-state index contributed by atoms with van der Waals surface area (Å²) in [5, 5.41) is 9.20. The van der Waals surface area contributed by atoms with Gasteiger partial charge in [0.1, 0.15) is 6.04 Å². The maximum atomic E-state index is 12.2. The highest BCUT2D eigenvalue weighted by molar-refractivity contribution is 7.88. The molecule has 2 unspecified atom stereocenters. The van der Waals surface area contributed by atoms with Gasteiger partial charge in [0.2, 0.25) is 15.9 Å². The van der Waals surface area contributed by atoms with Crippen molar-refractivity contribution < 1.29 is 18.3 Å². The smallest absolute Gasteiger partial charge is 0.240 e. The van der Waals surface area contributed by atoms with Crippen LogP contribution in [0.5, 0.6) is 0 Å². The van der Waals surface area contributed by atoms with Crippen LogP contribution in [0.1, 0.15) is 33.6 Å². The number of aliphatic hydroxyl groups is 1. The lowest BCUT2D eigenvalue weighted by Gasteiger charge is -2.25. The molecule has 2 N–H and O–H groups in total. The SMILES string of the molecule is CC(C)CC(NS(C)(=O)=O)C(=O)N(C)CCC(C)O. The summed E-state index contributed by atoms with van der Waals surface area (Å²) in [7, 11) is -1.81. The molecule has 19 heavy (non-hydrogen) atoms. The minimum Gasteiger partial charge on any atom is -0.393 e. The van der Waals surface area contributed by atoms with Crippen LogP contribution >= 0.6 is 0 Å². The molecule has 0 aliphatic rings. The van der Waals surface area contributed by atoms with E-state index in [1.807, 2.05) is 13.8 Å². The van der Waals surface area contributed by atoms with Crippen molar-refractivity contribution in [2.45, 2.75) is 45.8 Å². The fourth-order valence-electron chi connectivity index (χ4n) is 1.69. The van der Waals surface area contributed by atoms with E-state index in [-0.39, 0.29) is 11.8 Å². The molecule has 114 valence electrons. The van der Waals surface area contributed by atoms with Gasteiger partial charge >= 0.3 is 0 Å². The number of hydrogen-bond acceptors (Lipinski definition) is 4. The van der Waals surface area contributed by atoms with Crippen molar-refractivity contribution in [2.75, 3.05) is 19.8 Å². The van der Waals surface area contributed by atoms with Gasteiger partial charge in [-0.15, -0.1) is 0 Å². The average Bonchev–Trinajstić information content (AvgIpc) is 2.21. The monoisotopic (exact) mass is 294 g/mol. The quantitative estimate of drug-likeness (QED) is 0.668. The highest BCUT2D eigenvalue weighted by Gasteiger charge is 2.25. The molecular formula is C12H26N2O4S. The van der Waals surface area contributed by atoms with Crippen LogP contribution in [-0.4, -0.2) is 56.3 Å². The van der Waals surface area contributed by atoms with Crippen molar-refractivity contribution in [2.24, 2.45) is 5.92 Å². The maximum Gasteiger partial charge on any atom is 0.240 e. The predicted molar refractivity (Wildman–Crippen MR) is 75.2 cm³/mol. The maximum absolute atomic E-state index is 12.2. The van der Waals surface area contributed by atoms with Gasteiger partial charge in [0.25, 0.3) is 0 Å². The number of rotatable bonds is 8. The number of likely N-dealkylation sites (N-methyl/N-ethyl adjacent to an activating group) is 1. The first kappa shape index (κ1) is 18.3. The van der Waals surface area contributed by atoms with E-state index in [2.05, 4.69) is 4.72 Å². The summed E-state index contributed by atoms with van der Waals surface area (Å²) in [6, 6.07) is -0.742. The van der Waals surface area contributed by atoms with Gasteiger partial charge in [-0.25, -0.2) is 13.1 Å². The van der Waals surface area contributed by atoms with Crippen LogP contribution in [0, 0.1) is 5.92 Å². The van der Waals surface area contributed by atoms with Gasteiger partial charge in [-0.05, 0) is 25.7 Å². The molecule has 1 amide bonds. The molecule has 0 bridgehead atoms. The number of hydrogen-bond donors (Lipinski definition) is 2. The molecule has 0 saturated carbocycles. The second kappa shape index (κ2) is 7.81. The number of aliphatic hydroxyl groups excluding tert-OH is 1. The molecule has 0 saturated heterocycles. The number of nitrogens with zero attached hydrogens (tertiary/aromatic N) is 1. The standard InChI is InChI=1S/C12H26N2O4S/c1-9(2)8-11(13-19(5,17)18)12(16)14(4)7-6-10(3)15/h9-11,13,15H,6-8H2,1-5H3. The summed E-state index contributed by atoms with van der Waals surface area (Å²) in [5.74, 6) is -0.0619. The van der Waals surface area contributed by atoms with Crippen molar-refractivity contribution in [3.05, 3.63) is 0 Å². The van der Waals surface area contributed by atoms with Gasteiger partial charge in [0.05, 0.1) is 12.4 Å². The van der Waals surface area contributed by atoms with E-state index in [0.29, 0.717) is 19.4 Å². The molecule has 0 aromatic carbocycles. The third-order valence-electron chi connectivity index (χ3n) is 2.62. The lowest BCUT2D eigenvalue weighted by Crippen LogP contribution is -2.48. The molecule has 0 aromatic heterocycles. The summed E-state index contributed by atoms with van der Waals surface area (Å²) in [5.41, 5.74) is 0. The highest BCUT2D eigenvalue weighted by atomic mass is 32.2. The molecular weight excluding hydrogens is 268 g/mol. The Kier molecular flexibility index (Phi) is 7.54. The fourth-order valence-corrected chi connectivity index (χ4v) is 2.40. The molecule has 0 heterocycles. The van der Waals surface area contributed by atoms with Crippen LogP contribution in [0.25, 0.3) is 0 Å². The molecule has 0 aliphatic carbocycles. The van der Waals surface area contributed by atoms with E-state index in [1.54, 1.807) is 14.0 Å². The normalized spacial score (nSPS) is 15.3. The number of nitrogens with one attached hydrogen (secondary N) is 1. The summed E-state index contributed by atoms with van der Waals surface area (Å²) < 4.78 is 25.0. The van der Waals surface area contributed by atoms with E-state index < -0.39 is 22.2 Å². The second-order valence-corrected chi connectivity index (χ2v) is 7.25. The third kappa shape index (κ3) is 8.96. The van der Waals surface area contributed by atoms with Gasteiger partial charge in [-0.1, -0.05) is 13.8 Å². The minimum atomic E-state index is -3.43. The van der Waals surface area contributed by atoms with Crippen LogP contribution in [0.4, 0.5) is 0 Å². The Bertz CT molecular complexity index is 379. The van der Waals surface area contributed by atoms with E-state index >= 15 is 0 Å². The summed E-state index contributed by atoms with van der Waals surface area (Å²) in [6.45, 7) is 5.91. The van der Waals surface area contributed by atoms with Crippen molar-refractivity contribution >= 4 is 15.9 Å². The molecule has 7 heteroatoms. The zero-order valence-corrected chi connectivity index (χ0v) is 13.2. The van der Waals surface area contributed by atoms with Crippen molar-refractivity contribution in [1.29, 1.82) is 0 Å². The Labute approximate surface area is 116 Å². The van der Waals surface area contributed by atoms with E-state index in [1.165, 1.54) is 4.90 Å². The van der Waals surface area contributed by atoms with E-state index in [9.17, 15) is 18.3 Å². The van der Waals surface area contributed by atoms with Crippen molar-refractivity contribution in [3.63, 3.8) is 0 Å². The molecule has 2 atom stereocenters. The number of amides is 1. The zero-order valence-electron chi connectivity index (χ0n) is 12.4. The Morgan fingerprint density at radius 3 is 2.21 bits per heavy atom. The van der Waals surface area contributed by atoms with Crippen LogP contribution < -0.4 is 4.72 Å². The molecule has 0 rings (SSSR count). The first-order valence-corrected chi connectivity index (χ1v) is 8.32. The first-order valence-electron chi connectivity index (χ1n) is 6.43. The minimum absolute atomic E-state index is 0.202. The molecule has 6 nitrogen and oxygen atoms in total. The summed E-state index contributed by atoms with van der Waals surface area (Å²) >= 11 is 0. The molecule has 0 fully saturated rings. The van der Waals surface area contributed by atoms with Gasteiger partial charge < -0.3 is 10.0 Å². The molecule has 0 spiro atoms.